The van der Waals surface area contributed by atoms with E-state index in [2.05, 4.69) is 0 Å². The molecule has 3 atom stereocenters. The van der Waals surface area contributed by atoms with Gasteiger partial charge in [0.05, 0.1) is 19.3 Å². The number of methoxy groups -OCH3 is 1. The molecule has 0 spiro atoms. The lowest BCUT2D eigenvalue weighted by Gasteiger charge is -2.37. The lowest BCUT2D eigenvalue weighted by molar-refractivity contribution is -0.143. The van der Waals surface area contributed by atoms with Crippen LogP contribution in [0.2, 0.25) is 0 Å². The van der Waals surface area contributed by atoms with Gasteiger partial charge in [0, 0.05) is 38.0 Å². The third kappa shape index (κ3) is 7.72. The van der Waals surface area contributed by atoms with Crippen molar-refractivity contribution in [2.75, 3.05) is 33.5 Å². The zero-order valence-electron chi connectivity index (χ0n) is 26.6. The lowest BCUT2D eigenvalue weighted by atomic mass is 9.74. The van der Waals surface area contributed by atoms with Gasteiger partial charge in [0.15, 0.2) is 5.78 Å². The Hall–Kier alpha value is -2.74. The van der Waals surface area contributed by atoms with Gasteiger partial charge in [-0.25, -0.2) is 4.79 Å². The number of halogens is 1. The Kier molecular flexibility index (Phi) is 11.5. The largest absolute Gasteiger partial charge is 0.460 e. The summed E-state index contributed by atoms with van der Waals surface area (Å²) in [5, 5.41) is 0.754. The molecule has 242 valence electrons. The first-order valence-corrected chi connectivity index (χ1v) is 17.0. The summed E-state index contributed by atoms with van der Waals surface area (Å²) in [6, 6.07) is 6.89. The smallest absolute Gasteiger partial charge is 0.374 e. The first kappa shape index (κ1) is 32.6. The third-order valence-electron chi connectivity index (χ3n) is 10.6. The van der Waals surface area contributed by atoms with E-state index in [0.717, 1.165) is 62.3 Å². The van der Waals surface area contributed by atoms with E-state index in [-0.39, 0.29) is 48.3 Å². The number of rotatable bonds is 13. The molecule has 0 unspecified atom stereocenters. The van der Waals surface area contributed by atoms with Crippen molar-refractivity contribution >= 4 is 28.6 Å². The maximum Gasteiger partial charge on any atom is 0.374 e. The Morgan fingerprint density at radius 3 is 2.45 bits per heavy atom. The number of Topliss-reactive ketones (excluding diaryl/α,β-unsaturated/α-hetero) is 1. The number of furan rings is 1. The number of alkyl halides is 1. The quantitative estimate of drug-likeness (QED) is 0.174. The monoisotopic (exact) mass is 611 g/mol. The number of carbonyl (C=O) groups excluding carboxylic acids is 3. The Morgan fingerprint density at radius 2 is 1.73 bits per heavy atom. The molecule has 0 radical (unpaired) electrons. The number of hydrogen-bond donors (Lipinski definition) is 0. The number of esters is 1. The summed E-state index contributed by atoms with van der Waals surface area (Å²) >= 11 is 0. The van der Waals surface area contributed by atoms with Crippen LogP contribution in [0.25, 0.3) is 11.0 Å². The second-order valence-corrected chi connectivity index (χ2v) is 13.5. The number of carbonyl (C=O) groups is 3. The predicted octanol–water partition coefficient (Wildman–Crippen LogP) is 7.34. The van der Waals surface area contributed by atoms with E-state index in [1.165, 1.54) is 19.3 Å². The number of nitrogens with zero attached hydrogens (tertiary/aromatic N) is 1. The van der Waals surface area contributed by atoms with Crippen molar-refractivity contribution in [1.29, 1.82) is 0 Å². The van der Waals surface area contributed by atoms with Crippen molar-refractivity contribution in [2.24, 2.45) is 29.6 Å². The van der Waals surface area contributed by atoms with Crippen molar-refractivity contribution in [3.63, 3.8) is 0 Å². The topological polar surface area (TPSA) is 86.0 Å². The molecular weight excluding hydrogens is 561 g/mol. The maximum absolute atomic E-state index is 14.1. The molecule has 0 bridgehead atoms. The summed E-state index contributed by atoms with van der Waals surface area (Å²) in [4.78, 5) is 42.5. The third-order valence-corrected chi connectivity index (χ3v) is 10.6. The molecule has 2 aliphatic carbocycles. The molecule has 2 heterocycles. The molecule has 8 heteroatoms. The lowest BCUT2D eigenvalue weighted by Crippen LogP contribution is -2.48. The van der Waals surface area contributed by atoms with Gasteiger partial charge in [-0.2, -0.15) is 0 Å². The normalized spacial score (nSPS) is 25.3. The zero-order valence-corrected chi connectivity index (χ0v) is 26.6. The fourth-order valence-corrected chi connectivity index (χ4v) is 8.02. The molecule has 44 heavy (non-hydrogen) atoms. The number of unbranched alkanes of at least 4 members (excludes halogenated alkanes) is 1. The molecule has 1 amide bonds. The van der Waals surface area contributed by atoms with E-state index < -0.39 is 12.0 Å². The Morgan fingerprint density at radius 1 is 0.977 bits per heavy atom. The number of benzene rings is 1. The van der Waals surface area contributed by atoms with Gasteiger partial charge in [-0.3, -0.25) is 14.0 Å². The van der Waals surface area contributed by atoms with E-state index in [0.29, 0.717) is 43.6 Å². The van der Waals surface area contributed by atoms with Gasteiger partial charge < -0.3 is 18.8 Å². The average Bonchev–Trinajstić information content (AvgIpc) is 3.69. The highest BCUT2D eigenvalue weighted by molar-refractivity contribution is 5.94. The minimum atomic E-state index is -0.500. The van der Waals surface area contributed by atoms with Gasteiger partial charge in [0.1, 0.15) is 5.58 Å². The molecular formula is C36H50FNO6. The van der Waals surface area contributed by atoms with Gasteiger partial charge in [-0.1, -0.05) is 45.1 Å². The summed E-state index contributed by atoms with van der Waals surface area (Å²) in [7, 11) is 1.64. The molecule has 7 nitrogen and oxygen atoms in total. The molecule has 2 aromatic rings. The van der Waals surface area contributed by atoms with E-state index in [9.17, 15) is 18.8 Å². The molecule has 1 aromatic heterocycles. The van der Waals surface area contributed by atoms with Crippen LogP contribution < -0.4 is 0 Å². The van der Waals surface area contributed by atoms with Crippen molar-refractivity contribution in [3.05, 3.63) is 35.6 Å². The van der Waals surface area contributed by atoms with Crippen LogP contribution in [-0.2, 0) is 25.5 Å². The second-order valence-electron chi connectivity index (χ2n) is 13.5. The molecule has 1 aromatic carbocycles. The Balaban J connectivity index is 1.27. The SMILES string of the molecule is COCCCCOC(=O)c1cc2cc(CC(=O)[C@@H]3[C@H](C4CCCCC4)CCN3C(=O)C3CCC([C@H](C)CF)CC3)ccc2o1. The Bertz CT molecular complexity index is 1260. The van der Waals surface area contributed by atoms with Gasteiger partial charge in [-0.05, 0) is 92.4 Å². The fourth-order valence-electron chi connectivity index (χ4n) is 8.02. The molecule has 0 N–H and O–H groups in total. The number of amides is 1. The number of ketones is 1. The van der Waals surface area contributed by atoms with Crippen LogP contribution in [0.3, 0.4) is 0 Å². The number of ether oxygens (including phenoxy) is 2. The summed E-state index contributed by atoms with van der Waals surface area (Å²) in [5.74, 6) is 0.885. The van der Waals surface area contributed by atoms with Gasteiger partial charge >= 0.3 is 5.97 Å². The van der Waals surface area contributed by atoms with Crippen molar-refractivity contribution in [1.82, 2.24) is 4.90 Å². The van der Waals surface area contributed by atoms with Crippen LogP contribution >= 0.6 is 0 Å². The predicted molar refractivity (Wildman–Crippen MR) is 167 cm³/mol. The maximum atomic E-state index is 14.1. The molecule has 5 rings (SSSR count). The second kappa shape index (κ2) is 15.5. The average molecular weight is 612 g/mol. The Labute approximate surface area is 261 Å². The highest BCUT2D eigenvalue weighted by Crippen LogP contribution is 2.42. The molecule has 2 saturated carbocycles. The summed E-state index contributed by atoms with van der Waals surface area (Å²) in [6.07, 6.45) is 11.9. The first-order chi connectivity index (χ1) is 21.4. The highest BCUT2D eigenvalue weighted by Gasteiger charge is 2.46. The number of fused-ring (bicyclic) bond motifs is 1. The van der Waals surface area contributed by atoms with Crippen LogP contribution in [0.1, 0.15) is 100 Å². The number of likely N-dealkylation sites (tertiary alicyclic amines) is 1. The minimum absolute atomic E-state index is 0.0447. The van der Waals surface area contributed by atoms with E-state index >= 15 is 0 Å². The molecule has 3 aliphatic rings. The minimum Gasteiger partial charge on any atom is -0.460 e. The van der Waals surface area contributed by atoms with Crippen molar-refractivity contribution < 1.29 is 32.7 Å². The van der Waals surface area contributed by atoms with Crippen LogP contribution in [0.4, 0.5) is 4.39 Å². The standard InChI is InChI=1S/C36H50FNO6/c1-24(23-37)26-11-13-28(14-12-26)35(40)38-17-16-30(27-8-4-3-5-9-27)34(38)31(39)21-25-10-15-32-29(20-25)22-33(44-32)36(41)43-19-7-6-18-42-2/h10,15,20,22,24,26-28,30,34H,3-9,11-14,16-19,21,23H2,1-2H3/t24-,26?,28?,30+,34+/m1/s1. The van der Waals surface area contributed by atoms with E-state index in [4.69, 9.17) is 13.9 Å². The van der Waals surface area contributed by atoms with Crippen LogP contribution in [0.15, 0.2) is 28.7 Å². The summed E-state index contributed by atoms with van der Waals surface area (Å²) in [5.41, 5.74) is 1.42. The number of hydrogen-bond acceptors (Lipinski definition) is 6. The van der Waals surface area contributed by atoms with Crippen molar-refractivity contribution in [2.45, 2.75) is 96.4 Å². The van der Waals surface area contributed by atoms with Gasteiger partial charge in [-0.15, -0.1) is 0 Å². The molecule has 1 saturated heterocycles. The summed E-state index contributed by atoms with van der Waals surface area (Å²) in [6.45, 7) is 3.24. The fraction of sp³-hybridized carbons (Fsp3) is 0.694. The molecule has 3 fully saturated rings. The van der Waals surface area contributed by atoms with E-state index in [1.807, 2.05) is 24.0 Å². The summed E-state index contributed by atoms with van der Waals surface area (Å²) < 4.78 is 29.4. The van der Waals surface area contributed by atoms with Gasteiger partial charge in [0.25, 0.3) is 0 Å². The van der Waals surface area contributed by atoms with Gasteiger partial charge in [0.2, 0.25) is 11.7 Å². The van der Waals surface area contributed by atoms with Crippen LogP contribution in [0.5, 0.6) is 0 Å². The zero-order chi connectivity index (χ0) is 31.1. The molecule has 1 aliphatic heterocycles. The van der Waals surface area contributed by atoms with E-state index in [1.54, 1.807) is 19.2 Å². The first-order valence-electron chi connectivity index (χ1n) is 17.0. The van der Waals surface area contributed by atoms with Crippen LogP contribution in [-0.4, -0.2) is 62.1 Å². The highest BCUT2D eigenvalue weighted by atomic mass is 19.1. The van der Waals surface area contributed by atoms with Crippen LogP contribution in [0, 0.1) is 29.6 Å². The van der Waals surface area contributed by atoms with Crippen molar-refractivity contribution in [3.8, 4) is 0 Å².